The molecule has 1 rings (SSSR count). The van der Waals surface area contributed by atoms with Crippen LogP contribution in [-0.4, -0.2) is 44.0 Å². The van der Waals surface area contributed by atoms with E-state index in [0.29, 0.717) is 16.9 Å². The maximum Gasteiger partial charge on any atom is 0.321 e. The molecule has 1 unspecified atom stereocenters. The Morgan fingerprint density at radius 2 is 1.85 bits per heavy atom. The Morgan fingerprint density at radius 1 is 1.30 bits per heavy atom. The number of carbonyl (C=O) groups is 1. The van der Waals surface area contributed by atoms with Crippen LogP contribution in [0.2, 0.25) is 0 Å². The minimum absolute atomic E-state index is 0.0893. The smallest absolute Gasteiger partial charge is 0.321 e. The molecule has 0 fully saturated rings. The first-order valence-corrected chi connectivity index (χ1v) is 7.43. The van der Waals surface area contributed by atoms with Crippen LogP contribution in [0.25, 0.3) is 0 Å². The Hall–Kier alpha value is -1.60. The monoisotopic (exact) mass is 301 g/mol. The summed E-state index contributed by atoms with van der Waals surface area (Å²) in [5, 5.41) is 8.94. The molecule has 6 nitrogen and oxygen atoms in total. The molecule has 0 aliphatic heterocycles. The van der Waals surface area contributed by atoms with Crippen molar-refractivity contribution in [3.8, 4) is 5.75 Å². The van der Waals surface area contributed by atoms with E-state index in [-0.39, 0.29) is 4.90 Å². The summed E-state index contributed by atoms with van der Waals surface area (Å²) in [5.74, 6) is -0.602. The first-order chi connectivity index (χ1) is 9.14. The number of sulfonamides is 1. The van der Waals surface area contributed by atoms with Crippen molar-refractivity contribution in [1.82, 2.24) is 4.31 Å². The number of hydrogen-bond donors (Lipinski definition) is 1. The Bertz CT molecular complexity index is 624. The normalized spacial score (nSPS) is 13.3. The first-order valence-electron chi connectivity index (χ1n) is 5.99. The maximum atomic E-state index is 12.5. The van der Waals surface area contributed by atoms with E-state index in [2.05, 4.69) is 0 Å². The molecule has 20 heavy (non-hydrogen) atoms. The lowest BCUT2D eigenvalue weighted by Gasteiger charge is -2.23. The molecule has 0 saturated heterocycles. The highest BCUT2D eigenvalue weighted by Gasteiger charge is 2.31. The van der Waals surface area contributed by atoms with Crippen LogP contribution in [0, 0.1) is 13.8 Å². The summed E-state index contributed by atoms with van der Waals surface area (Å²) >= 11 is 0. The van der Waals surface area contributed by atoms with E-state index in [1.807, 2.05) is 0 Å². The van der Waals surface area contributed by atoms with Gasteiger partial charge in [0, 0.05) is 7.05 Å². The van der Waals surface area contributed by atoms with E-state index in [1.54, 1.807) is 19.9 Å². The third-order valence-corrected chi connectivity index (χ3v) is 5.54. The number of hydrogen-bond acceptors (Lipinski definition) is 4. The second-order valence-electron chi connectivity index (χ2n) is 4.55. The van der Waals surface area contributed by atoms with Gasteiger partial charge in [0.2, 0.25) is 10.0 Å². The molecule has 112 valence electrons. The summed E-state index contributed by atoms with van der Waals surface area (Å²) in [4.78, 5) is 11.0. The number of methoxy groups -OCH3 is 1. The Kier molecular flexibility index (Phi) is 4.77. The van der Waals surface area contributed by atoms with Crippen molar-refractivity contribution in [3.63, 3.8) is 0 Å². The third kappa shape index (κ3) is 2.78. The number of ether oxygens (including phenoxy) is 1. The van der Waals surface area contributed by atoms with Gasteiger partial charge in [0.05, 0.1) is 12.0 Å². The quantitative estimate of drug-likeness (QED) is 0.889. The molecule has 0 heterocycles. The highest BCUT2D eigenvalue weighted by atomic mass is 32.2. The molecule has 7 heteroatoms. The van der Waals surface area contributed by atoms with Gasteiger partial charge in [-0.15, -0.1) is 0 Å². The van der Waals surface area contributed by atoms with Crippen LogP contribution in [-0.2, 0) is 14.8 Å². The largest absolute Gasteiger partial charge is 0.496 e. The molecule has 1 atom stereocenters. The van der Waals surface area contributed by atoms with Gasteiger partial charge >= 0.3 is 5.97 Å². The van der Waals surface area contributed by atoms with Gasteiger partial charge in [-0.05, 0) is 44.0 Å². The van der Waals surface area contributed by atoms with Gasteiger partial charge in [0.15, 0.2) is 0 Å². The van der Waals surface area contributed by atoms with Crippen LogP contribution in [0.3, 0.4) is 0 Å². The second-order valence-corrected chi connectivity index (χ2v) is 6.52. The molecular weight excluding hydrogens is 282 g/mol. The minimum Gasteiger partial charge on any atom is -0.496 e. The van der Waals surface area contributed by atoms with Gasteiger partial charge in [-0.1, -0.05) is 0 Å². The fourth-order valence-corrected chi connectivity index (χ4v) is 3.39. The highest BCUT2D eigenvalue weighted by molar-refractivity contribution is 7.89. The lowest BCUT2D eigenvalue weighted by atomic mass is 10.1. The minimum atomic E-state index is -3.86. The molecule has 0 spiro atoms. The van der Waals surface area contributed by atoms with Gasteiger partial charge in [-0.25, -0.2) is 8.42 Å². The molecule has 0 aliphatic rings. The molecule has 1 aromatic carbocycles. The average Bonchev–Trinajstić information content (AvgIpc) is 2.39. The third-order valence-electron chi connectivity index (χ3n) is 3.47. The van der Waals surface area contributed by atoms with Crippen molar-refractivity contribution in [2.24, 2.45) is 0 Å². The van der Waals surface area contributed by atoms with Crippen LogP contribution < -0.4 is 4.74 Å². The van der Waals surface area contributed by atoms with Gasteiger partial charge in [0.1, 0.15) is 11.8 Å². The number of likely N-dealkylation sites (N-methyl/N-ethyl adjacent to an activating group) is 1. The molecular formula is C13H19NO5S. The lowest BCUT2D eigenvalue weighted by Crippen LogP contribution is -2.40. The summed E-state index contributed by atoms with van der Waals surface area (Å²) in [6, 6.07) is 1.86. The molecule has 0 aliphatic carbocycles. The number of nitrogens with zero attached hydrogens (tertiary/aromatic N) is 1. The average molecular weight is 301 g/mol. The molecule has 0 amide bonds. The predicted octanol–water partition coefficient (Wildman–Crippen LogP) is 1.41. The summed E-state index contributed by atoms with van der Waals surface area (Å²) < 4.78 is 30.9. The standard InChI is InChI=1S/C13H19NO5S/c1-8-9(2)12(7-6-11(8)19-5)20(17,18)14(4)10(3)13(15)16/h6-7,10H,1-5H3,(H,15,16). The van der Waals surface area contributed by atoms with Crippen molar-refractivity contribution in [1.29, 1.82) is 0 Å². The molecule has 0 saturated carbocycles. The Labute approximate surface area is 119 Å². The first kappa shape index (κ1) is 16.5. The Morgan fingerprint density at radius 3 is 2.30 bits per heavy atom. The van der Waals surface area contributed by atoms with Crippen LogP contribution in [0.15, 0.2) is 17.0 Å². The van der Waals surface area contributed by atoms with E-state index in [4.69, 9.17) is 9.84 Å². The fraction of sp³-hybridized carbons (Fsp3) is 0.462. The molecule has 0 bridgehead atoms. The van der Waals surface area contributed by atoms with Crippen LogP contribution in [0.4, 0.5) is 0 Å². The zero-order chi connectivity index (χ0) is 15.7. The number of benzene rings is 1. The molecule has 0 aromatic heterocycles. The summed E-state index contributed by atoms with van der Waals surface area (Å²) in [6.07, 6.45) is 0. The van der Waals surface area contributed by atoms with Gasteiger partial charge in [0.25, 0.3) is 0 Å². The van der Waals surface area contributed by atoms with Gasteiger partial charge in [-0.2, -0.15) is 4.31 Å². The van der Waals surface area contributed by atoms with Crippen LogP contribution in [0.1, 0.15) is 18.1 Å². The molecule has 0 radical (unpaired) electrons. The summed E-state index contributed by atoms with van der Waals surface area (Å²) in [7, 11) is -1.10. The maximum absolute atomic E-state index is 12.5. The SMILES string of the molecule is COc1ccc(S(=O)(=O)N(C)C(C)C(=O)O)c(C)c1C. The number of aliphatic carboxylic acids is 1. The Balaban J connectivity index is 3.37. The van der Waals surface area contributed by atoms with Crippen molar-refractivity contribution < 1.29 is 23.1 Å². The van der Waals surface area contributed by atoms with E-state index in [9.17, 15) is 13.2 Å². The van der Waals surface area contributed by atoms with Crippen molar-refractivity contribution in [2.45, 2.75) is 31.7 Å². The van der Waals surface area contributed by atoms with Crippen LogP contribution in [0.5, 0.6) is 5.75 Å². The predicted molar refractivity (Wildman–Crippen MR) is 74.5 cm³/mol. The van der Waals surface area contributed by atoms with E-state index in [0.717, 1.165) is 4.31 Å². The zero-order valence-corrected chi connectivity index (χ0v) is 13.0. The van der Waals surface area contributed by atoms with Crippen molar-refractivity contribution in [3.05, 3.63) is 23.3 Å². The van der Waals surface area contributed by atoms with Crippen molar-refractivity contribution >= 4 is 16.0 Å². The summed E-state index contributed by atoms with van der Waals surface area (Å²) in [5.41, 5.74) is 1.26. The van der Waals surface area contributed by atoms with Gasteiger partial charge < -0.3 is 9.84 Å². The van der Waals surface area contributed by atoms with E-state index < -0.39 is 22.0 Å². The number of rotatable bonds is 5. The topological polar surface area (TPSA) is 83.9 Å². The summed E-state index contributed by atoms with van der Waals surface area (Å²) in [6.45, 7) is 4.75. The molecule has 1 aromatic rings. The van der Waals surface area contributed by atoms with E-state index >= 15 is 0 Å². The van der Waals surface area contributed by atoms with Crippen LogP contribution >= 0.6 is 0 Å². The number of carboxylic acids is 1. The van der Waals surface area contributed by atoms with E-state index in [1.165, 1.54) is 27.1 Å². The highest BCUT2D eigenvalue weighted by Crippen LogP contribution is 2.28. The molecule has 1 N–H and O–H groups in total. The second kappa shape index (κ2) is 5.80. The fourth-order valence-electron chi connectivity index (χ4n) is 1.79. The van der Waals surface area contributed by atoms with Crippen molar-refractivity contribution in [2.75, 3.05) is 14.2 Å². The zero-order valence-electron chi connectivity index (χ0n) is 12.2. The number of carboxylic acid groups (broad SMARTS) is 1. The van der Waals surface area contributed by atoms with Gasteiger partial charge in [-0.3, -0.25) is 4.79 Å². The lowest BCUT2D eigenvalue weighted by molar-refractivity contribution is -0.140.